The molecule has 1 unspecified atom stereocenters. The topological polar surface area (TPSA) is 78.5 Å². The summed E-state index contributed by atoms with van der Waals surface area (Å²) in [6, 6.07) is 11.3. The molecule has 2 N–H and O–H groups in total. The van der Waals surface area contributed by atoms with Crippen LogP contribution >= 0.6 is 0 Å². The quantitative estimate of drug-likeness (QED) is 0.719. The molecule has 1 aliphatic carbocycles. The Balaban J connectivity index is 1.53. The van der Waals surface area contributed by atoms with Gasteiger partial charge in [-0.1, -0.05) is 50.2 Å². The molecular formula is C25H29N3O3. The third-order valence-corrected chi connectivity index (χ3v) is 6.44. The minimum atomic E-state index is -1.17. The van der Waals surface area contributed by atoms with Crippen LogP contribution in [0.2, 0.25) is 0 Å². The zero-order chi connectivity index (χ0) is 22.3. The van der Waals surface area contributed by atoms with Gasteiger partial charge in [0.1, 0.15) is 12.1 Å². The van der Waals surface area contributed by atoms with E-state index in [1.165, 1.54) is 11.1 Å². The van der Waals surface area contributed by atoms with Crippen LogP contribution in [0.4, 0.5) is 10.5 Å². The van der Waals surface area contributed by atoms with Crippen molar-refractivity contribution in [1.29, 1.82) is 0 Å². The van der Waals surface area contributed by atoms with Gasteiger partial charge in [-0.25, -0.2) is 4.79 Å². The average Bonchev–Trinajstić information content (AvgIpc) is 3.27. The number of carbonyl (C=O) groups excluding carboxylic acids is 3. The molecule has 0 radical (unpaired) electrons. The van der Waals surface area contributed by atoms with Gasteiger partial charge in [-0.2, -0.15) is 0 Å². The first-order chi connectivity index (χ1) is 14.7. The molecule has 2 aliphatic rings. The van der Waals surface area contributed by atoms with Crippen molar-refractivity contribution in [1.82, 2.24) is 10.2 Å². The molecule has 6 nitrogen and oxygen atoms in total. The third-order valence-electron chi connectivity index (χ3n) is 6.44. The van der Waals surface area contributed by atoms with Crippen molar-refractivity contribution in [2.45, 2.75) is 58.4 Å². The number of nitrogens with zero attached hydrogens (tertiary/aromatic N) is 1. The highest BCUT2D eigenvalue weighted by atomic mass is 16.2. The van der Waals surface area contributed by atoms with Crippen LogP contribution in [0.1, 0.15) is 60.9 Å². The van der Waals surface area contributed by atoms with Gasteiger partial charge in [0.05, 0.1) is 0 Å². The molecule has 2 aromatic carbocycles. The van der Waals surface area contributed by atoms with Gasteiger partial charge < -0.3 is 10.6 Å². The van der Waals surface area contributed by atoms with Gasteiger partial charge in [0.15, 0.2) is 0 Å². The predicted molar refractivity (Wildman–Crippen MR) is 120 cm³/mol. The smallest absolute Gasteiger partial charge is 0.324 e. The standard InChI is InChI=1S/C25H29N3O3/c1-15(2)20-10-5-7-16(3)22(20)26-21(29)14-28-23(30)25(4,27-24(28)31)19-12-11-17-8-6-9-18(17)13-19/h5,7,10-13,15H,6,8-9,14H2,1-4H3,(H,26,29)(H,27,31). The normalized spacial score (nSPS) is 20.2. The van der Waals surface area contributed by atoms with Crippen LogP contribution in [0.15, 0.2) is 36.4 Å². The summed E-state index contributed by atoms with van der Waals surface area (Å²) in [5, 5.41) is 5.72. The maximum atomic E-state index is 13.2. The highest BCUT2D eigenvalue weighted by Crippen LogP contribution is 2.33. The lowest BCUT2D eigenvalue weighted by molar-refractivity contribution is -0.133. The molecule has 4 amide bonds. The van der Waals surface area contributed by atoms with Crippen molar-refractivity contribution in [3.63, 3.8) is 0 Å². The number of aryl methyl sites for hydroxylation is 3. The Morgan fingerprint density at radius 2 is 1.90 bits per heavy atom. The monoisotopic (exact) mass is 419 g/mol. The van der Waals surface area contributed by atoms with E-state index in [-0.39, 0.29) is 12.5 Å². The molecule has 1 atom stereocenters. The van der Waals surface area contributed by atoms with Gasteiger partial charge in [-0.3, -0.25) is 14.5 Å². The molecule has 1 heterocycles. The summed E-state index contributed by atoms with van der Waals surface area (Å²) in [5.74, 6) is -0.563. The number of para-hydroxylation sites is 1. The van der Waals surface area contributed by atoms with Gasteiger partial charge in [0.2, 0.25) is 5.91 Å². The summed E-state index contributed by atoms with van der Waals surface area (Å²) >= 11 is 0. The zero-order valence-corrected chi connectivity index (χ0v) is 18.5. The number of fused-ring (bicyclic) bond motifs is 1. The SMILES string of the molecule is Cc1cccc(C(C)C)c1NC(=O)CN1C(=O)NC(C)(c2ccc3c(c2)CCC3)C1=O. The number of carbonyl (C=O) groups is 3. The number of nitrogens with one attached hydrogen (secondary N) is 2. The fourth-order valence-corrected chi connectivity index (χ4v) is 4.58. The molecule has 162 valence electrons. The van der Waals surface area contributed by atoms with E-state index in [1.54, 1.807) is 6.92 Å². The molecule has 1 aliphatic heterocycles. The summed E-state index contributed by atoms with van der Waals surface area (Å²) in [7, 11) is 0. The van der Waals surface area contributed by atoms with Gasteiger partial charge >= 0.3 is 6.03 Å². The summed E-state index contributed by atoms with van der Waals surface area (Å²) in [6.07, 6.45) is 3.15. The number of hydrogen-bond acceptors (Lipinski definition) is 3. The Kier molecular flexibility index (Phi) is 5.33. The first-order valence-electron chi connectivity index (χ1n) is 10.9. The van der Waals surface area contributed by atoms with E-state index in [9.17, 15) is 14.4 Å². The molecule has 1 fully saturated rings. The lowest BCUT2D eigenvalue weighted by atomic mass is 9.89. The Hall–Kier alpha value is -3.15. The molecule has 2 aromatic rings. The van der Waals surface area contributed by atoms with E-state index in [2.05, 4.69) is 24.5 Å². The number of hydrogen-bond donors (Lipinski definition) is 2. The predicted octanol–water partition coefficient (Wildman–Crippen LogP) is 4.01. The summed E-state index contributed by atoms with van der Waals surface area (Å²) in [6.45, 7) is 7.44. The Morgan fingerprint density at radius 1 is 1.16 bits per heavy atom. The van der Waals surface area contributed by atoms with E-state index in [0.29, 0.717) is 0 Å². The lowest BCUT2D eigenvalue weighted by Gasteiger charge is -2.23. The minimum absolute atomic E-state index is 0.231. The second-order valence-corrected chi connectivity index (χ2v) is 9.03. The highest BCUT2D eigenvalue weighted by molar-refractivity contribution is 6.10. The summed E-state index contributed by atoms with van der Waals surface area (Å²) < 4.78 is 0. The van der Waals surface area contributed by atoms with Crippen LogP contribution in [0.3, 0.4) is 0 Å². The second kappa shape index (κ2) is 7.84. The van der Waals surface area contributed by atoms with Crippen LogP contribution < -0.4 is 10.6 Å². The largest absolute Gasteiger partial charge is 0.325 e. The van der Waals surface area contributed by atoms with Crippen molar-refractivity contribution in [3.05, 3.63) is 64.2 Å². The van der Waals surface area contributed by atoms with Gasteiger partial charge in [-0.05, 0) is 66.8 Å². The number of anilines is 1. The van der Waals surface area contributed by atoms with Crippen molar-refractivity contribution < 1.29 is 14.4 Å². The molecule has 0 saturated carbocycles. The van der Waals surface area contributed by atoms with E-state index in [4.69, 9.17) is 0 Å². The molecule has 4 rings (SSSR count). The second-order valence-electron chi connectivity index (χ2n) is 9.03. The van der Waals surface area contributed by atoms with E-state index < -0.39 is 23.4 Å². The number of urea groups is 1. The number of imide groups is 1. The Bertz CT molecular complexity index is 1080. The highest BCUT2D eigenvalue weighted by Gasteiger charge is 2.49. The molecule has 0 bridgehead atoms. The van der Waals surface area contributed by atoms with E-state index in [0.717, 1.165) is 46.5 Å². The maximum Gasteiger partial charge on any atom is 0.325 e. The lowest BCUT2D eigenvalue weighted by Crippen LogP contribution is -2.42. The molecule has 1 saturated heterocycles. The maximum absolute atomic E-state index is 13.2. The van der Waals surface area contributed by atoms with Crippen LogP contribution in [-0.4, -0.2) is 29.3 Å². The summed E-state index contributed by atoms with van der Waals surface area (Å²) in [5.41, 5.74) is 4.85. The van der Waals surface area contributed by atoms with Gasteiger partial charge in [-0.15, -0.1) is 0 Å². The van der Waals surface area contributed by atoms with E-state index in [1.807, 2.05) is 43.3 Å². The minimum Gasteiger partial charge on any atom is -0.324 e. The van der Waals surface area contributed by atoms with Crippen molar-refractivity contribution in [3.8, 4) is 0 Å². The fourth-order valence-electron chi connectivity index (χ4n) is 4.58. The molecule has 0 aromatic heterocycles. The van der Waals surface area contributed by atoms with Crippen molar-refractivity contribution in [2.75, 3.05) is 11.9 Å². The van der Waals surface area contributed by atoms with Crippen LogP contribution in [-0.2, 0) is 28.0 Å². The van der Waals surface area contributed by atoms with Gasteiger partial charge in [0.25, 0.3) is 5.91 Å². The van der Waals surface area contributed by atoms with Crippen LogP contribution in [0, 0.1) is 6.92 Å². The summed E-state index contributed by atoms with van der Waals surface area (Å²) in [4.78, 5) is 39.7. The van der Waals surface area contributed by atoms with Crippen LogP contribution in [0.25, 0.3) is 0 Å². The average molecular weight is 420 g/mol. The molecular weight excluding hydrogens is 390 g/mol. The first-order valence-corrected chi connectivity index (χ1v) is 10.9. The Morgan fingerprint density at radius 3 is 2.65 bits per heavy atom. The third kappa shape index (κ3) is 3.71. The fraction of sp³-hybridized carbons (Fsp3) is 0.400. The van der Waals surface area contributed by atoms with Crippen LogP contribution in [0.5, 0.6) is 0 Å². The number of rotatable bonds is 5. The number of amides is 4. The molecule has 6 heteroatoms. The first kappa shape index (κ1) is 21.1. The van der Waals surface area contributed by atoms with Crippen molar-refractivity contribution >= 4 is 23.5 Å². The van der Waals surface area contributed by atoms with Gasteiger partial charge in [0, 0.05) is 5.69 Å². The zero-order valence-electron chi connectivity index (χ0n) is 18.5. The number of benzene rings is 2. The van der Waals surface area contributed by atoms with E-state index >= 15 is 0 Å². The molecule has 31 heavy (non-hydrogen) atoms. The van der Waals surface area contributed by atoms with Crippen molar-refractivity contribution in [2.24, 2.45) is 0 Å². The Labute approximate surface area is 183 Å². The molecule has 0 spiro atoms.